The lowest BCUT2D eigenvalue weighted by molar-refractivity contribution is -0.870. The number of likely N-dealkylation sites (N-methyl/N-ethyl adjacent to an activating group) is 1. The number of hydrogen-bond donors (Lipinski definition) is 1. The molecule has 0 spiro atoms. The highest BCUT2D eigenvalue weighted by molar-refractivity contribution is 7.47. The van der Waals surface area contributed by atoms with E-state index in [0.29, 0.717) is 17.4 Å². The van der Waals surface area contributed by atoms with E-state index >= 15 is 0 Å². The van der Waals surface area contributed by atoms with Crippen LogP contribution in [0.15, 0.2) is 109 Å². The Bertz CT molecular complexity index is 1650. The van der Waals surface area contributed by atoms with E-state index in [4.69, 9.17) is 18.5 Å². The lowest BCUT2D eigenvalue weighted by atomic mass is 10.0. The van der Waals surface area contributed by atoms with Crippen LogP contribution in [0.5, 0.6) is 0 Å². The van der Waals surface area contributed by atoms with Gasteiger partial charge in [-0.15, -0.1) is 0 Å². The molecule has 0 aliphatic rings. The molecule has 2 atom stereocenters. The molecular weight excluding hydrogens is 966 g/mol. The molecule has 0 heterocycles. The predicted molar refractivity (Wildman–Crippen MR) is 325 cm³/mol. The van der Waals surface area contributed by atoms with Gasteiger partial charge in [-0.25, -0.2) is 4.57 Å². The zero-order valence-corrected chi connectivity index (χ0v) is 50.3. The average Bonchev–Trinajstić information content (AvgIpc) is 3.38. The number of rotatable bonds is 55. The van der Waals surface area contributed by atoms with Crippen molar-refractivity contribution in [1.82, 2.24) is 0 Å². The molecule has 0 fully saturated rings. The molecule has 0 bridgehead atoms. The molecule has 0 saturated carbocycles. The topological polar surface area (TPSA) is 108 Å². The minimum Gasteiger partial charge on any atom is -0.462 e. The van der Waals surface area contributed by atoms with Crippen LogP contribution in [0.4, 0.5) is 0 Å². The maximum atomic E-state index is 12.8. The smallest absolute Gasteiger partial charge is 0.462 e. The summed E-state index contributed by atoms with van der Waals surface area (Å²) in [5.41, 5.74) is 0. The Morgan fingerprint density at radius 1 is 0.421 bits per heavy atom. The van der Waals surface area contributed by atoms with E-state index in [0.717, 1.165) is 116 Å². The lowest BCUT2D eigenvalue weighted by Crippen LogP contribution is -2.37. The van der Waals surface area contributed by atoms with Crippen molar-refractivity contribution in [2.24, 2.45) is 0 Å². The molecule has 0 rings (SSSR count). The van der Waals surface area contributed by atoms with E-state index in [-0.39, 0.29) is 32.0 Å². The molecule has 2 unspecified atom stereocenters. The first-order chi connectivity index (χ1) is 37.0. The Hall–Kier alpha value is -3.33. The van der Waals surface area contributed by atoms with E-state index < -0.39 is 26.5 Å². The fourth-order valence-electron chi connectivity index (χ4n) is 8.09. The molecule has 0 aromatic rings. The van der Waals surface area contributed by atoms with Crippen LogP contribution in [0, 0.1) is 0 Å². The highest BCUT2D eigenvalue weighted by Gasteiger charge is 2.27. The number of carbonyl (C=O) groups excluding carboxylic acids is 2. The first kappa shape index (κ1) is 72.7. The molecule has 0 aliphatic carbocycles. The second-order valence-corrected chi connectivity index (χ2v) is 22.8. The number of phosphoric ester groups is 1. The van der Waals surface area contributed by atoms with Gasteiger partial charge in [0.15, 0.2) is 6.10 Å². The van der Waals surface area contributed by atoms with Crippen LogP contribution in [0.2, 0.25) is 0 Å². The number of quaternary nitrogens is 1. The van der Waals surface area contributed by atoms with Gasteiger partial charge in [-0.3, -0.25) is 18.6 Å². The zero-order valence-electron chi connectivity index (χ0n) is 49.5. The summed E-state index contributed by atoms with van der Waals surface area (Å²) in [7, 11) is 1.46. The summed E-state index contributed by atoms with van der Waals surface area (Å²) in [5.74, 6) is -0.814. The van der Waals surface area contributed by atoms with Crippen LogP contribution < -0.4 is 0 Å². The first-order valence-electron chi connectivity index (χ1n) is 30.6. The number of phosphoric acid groups is 1. The summed E-state index contributed by atoms with van der Waals surface area (Å²) >= 11 is 0. The second-order valence-electron chi connectivity index (χ2n) is 21.4. The molecule has 10 heteroatoms. The summed E-state index contributed by atoms with van der Waals surface area (Å²) in [4.78, 5) is 35.6. The van der Waals surface area contributed by atoms with Gasteiger partial charge in [-0.2, -0.15) is 0 Å². The Kier molecular flexibility index (Phi) is 53.9. The lowest BCUT2D eigenvalue weighted by Gasteiger charge is -2.24. The maximum absolute atomic E-state index is 12.8. The third-order valence-corrected chi connectivity index (χ3v) is 13.8. The van der Waals surface area contributed by atoms with Gasteiger partial charge in [0.1, 0.15) is 19.8 Å². The number of carbonyl (C=O) groups is 2. The van der Waals surface area contributed by atoms with E-state index in [9.17, 15) is 19.0 Å². The number of hydrogen-bond acceptors (Lipinski definition) is 7. The third kappa shape index (κ3) is 59.9. The van der Waals surface area contributed by atoms with Gasteiger partial charge in [-0.05, 0) is 96.3 Å². The van der Waals surface area contributed by atoms with Crippen LogP contribution in [0.25, 0.3) is 0 Å². The summed E-state index contributed by atoms with van der Waals surface area (Å²) in [5, 5.41) is 0. The van der Waals surface area contributed by atoms with Gasteiger partial charge in [0.2, 0.25) is 0 Å². The number of nitrogens with zero attached hydrogens (tertiary/aromatic N) is 1. The van der Waals surface area contributed by atoms with Crippen molar-refractivity contribution in [3.63, 3.8) is 0 Å². The Morgan fingerprint density at radius 3 is 1.12 bits per heavy atom. The minimum atomic E-state index is -4.39. The van der Waals surface area contributed by atoms with Gasteiger partial charge in [0.25, 0.3) is 0 Å². The van der Waals surface area contributed by atoms with Gasteiger partial charge in [0, 0.05) is 12.8 Å². The molecular formula is C66H115NO8P+. The maximum Gasteiger partial charge on any atom is 0.472 e. The van der Waals surface area contributed by atoms with E-state index in [1.807, 2.05) is 21.1 Å². The number of unbranched alkanes of at least 4 members (excludes halogenated alkanes) is 23. The van der Waals surface area contributed by atoms with Gasteiger partial charge in [0.05, 0.1) is 27.7 Å². The summed E-state index contributed by atoms with van der Waals surface area (Å²) < 4.78 is 34.5. The fourth-order valence-corrected chi connectivity index (χ4v) is 8.83. The molecule has 0 aromatic heterocycles. The van der Waals surface area contributed by atoms with Gasteiger partial charge in [-0.1, -0.05) is 245 Å². The Labute approximate surface area is 467 Å². The molecule has 0 aliphatic heterocycles. The molecule has 0 radical (unpaired) electrons. The van der Waals surface area contributed by atoms with Crippen LogP contribution in [0.1, 0.15) is 245 Å². The van der Waals surface area contributed by atoms with E-state index in [1.165, 1.54) is 96.3 Å². The Morgan fingerprint density at radius 2 is 0.750 bits per heavy atom. The second kappa shape index (κ2) is 56.4. The van der Waals surface area contributed by atoms with Gasteiger partial charge < -0.3 is 18.9 Å². The van der Waals surface area contributed by atoms with Crippen LogP contribution >= 0.6 is 7.82 Å². The minimum absolute atomic E-state index is 0.0263. The summed E-state index contributed by atoms with van der Waals surface area (Å²) in [6.45, 7) is 4.23. The quantitative estimate of drug-likeness (QED) is 0.0211. The molecule has 0 aromatic carbocycles. The first-order valence-corrected chi connectivity index (χ1v) is 32.1. The van der Waals surface area contributed by atoms with E-state index in [1.54, 1.807) is 0 Å². The molecule has 9 nitrogen and oxygen atoms in total. The van der Waals surface area contributed by atoms with Gasteiger partial charge >= 0.3 is 19.8 Å². The molecule has 0 saturated heterocycles. The molecule has 1 N–H and O–H groups in total. The number of ether oxygens (including phenoxy) is 2. The van der Waals surface area contributed by atoms with Crippen molar-refractivity contribution in [1.29, 1.82) is 0 Å². The largest absolute Gasteiger partial charge is 0.472 e. The molecule has 436 valence electrons. The summed E-state index contributed by atoms with van der Waals surface area (Å²) in [6.07, 6.45) is 79.0. The standard InChI is InChI=1S/C66H114NO8P/c1-6-8-10-12-14-16-18-20-21-22-23-24-25-26-27-28-29-30-31-32-33-34-35-36-37-38-39-40-41-42-43-44-45-47-49-51-53-55-57-59-66(69)75-64(63-74-76(70,71)73-61-60-67(3,4)5)62-72-65(68)58-56-54-52-50-48-46-19-17-15-13-11-9-7-2/h8,10-11,13-14,16-17,19-21,23-24,26-27,29-30,32-33,64H,6-7,9,12,15,18,22,25,28,31,34-63H2,1-5H3/p+1/b10-8-,13-11-,16-14-,19-17-,21-20-,24-23-,27-26-,30-29-,33-32-. The predicted octanol–water partition coefficient (Wildman–Crippen LogP) is 19.4. The highest BCUT2D eigenvalue weighted by atomic mass is 31.2. The molecule has 76 heavy (non-hydrogen) atoms. The number of allylic oxidation sites excluding steroid dienone is 18. The normalized spacial score (nSPS) is 14.0. The van der Waals surface area contributed by atoms with Crippen LogP contribution in [0.3, 0.4) is 0 Å². The molecule has 0 amide bonds. The average molecular weight is 1080 g/mol. The van der Waals surface area contributed by atoms with Crippen LogP contribution in [-0.4, -0.2) is 74.9 Å². The third-order valence-electron chi connectivity index (χ3n) is 12.8. The zero-order chi connectivity index (χ0) is 55.6. The van der Waals surface area contributed by atoms with Crippen LogP contribution in [-0.2, 0) is 32.7 Å². The van der Waals surface area contributed by atoms with Crippen molar-refractivity contribution in [2.45, 2.75) is 251 Å². The summed E-state index contributed by atoms with van der Waals surface area (Å²) in [6, 6.07) is 0. The SMILES string of the molecule is CC/C=C\C/C=C\C/C=C\C/C=C\C/C=C\C/C=C\C/C=C\CCCCCCCCCCCCCCCCCCCC(=O)OC(COC(=O)CCCCCCC/C=C\C/C=C\CCC)COP(=O)(O)OCC[N+](C)(C)C. The fraction of sp³-hybridized carbons (Fsp3) is 0.697. The monoisotopic (exact) mass is 1080 g/mol. The van der Waals surface area contributed by atoms with Crippen molar-refractivity contribution in [3.8, 4) is 0 Å². The van der Waals surface area contributed by atoms with Crippen molar-refractivity contribution in [2.75, 3.05) is 47.5 Å². The number of esters is 2. The van der Waals surface area contributed by atoms with Crippen molar-refractivity contribution >= 4 is 19.8 Å². The highest BCUT2D eigenvalue weighted by Crippen LogP contribution is 2.43. The van der Waals surface area contributed by atoms with Crippen molar-refractivity contribution < 1.29 is 42.1 Å². The van der Waals surface area contributed by atoms with E-state index in [2.05, 4.69) is 123 Å². The van der Waals surface area contributed by atoms with Crippen molar-refractivity contribution in [3.05, 3.63) is 109 Å². The Balaban J connectivity index is 3.98.